The van der Waals surface area contributed by atoms with E-state index in [9.17, 15) is 9.59 Å². The van der Waals surface area contributed by atoms with Crippen molar-refractivity contribution in [2.75, 3.05) is 33.2 Å². The second kappa shape index (κ2) is 6.44. The van der Waals surface area contributed by atoms with Crippen LogP contribution in [0.1, 0.15) is 19.8 Å². The first kappa shape index (κ1) is 13.8. The molecule has 1 aliphatic rings. The average molecular weight is 243 g/mol. The number of amides is 2. The summed E-state index contributed by atoms with van der Waals surface area (Å²) in [4.78, 5) is 26.0. The normalized spacial score (nSPS) is 17.8. The minimum Gasteiger partial charge on any atom is -0.480 e. The molecule has 0 aromatic rings. The van der Waals surface area contributed by atoms with Crippen LogP contribution in [-0.2, 0) is 4.79 Å². The molecule has 2 N–H and O–H groups in total. The average Bonchev–Trinajstić information content (AvgIpc) is 2.78. The monoisotopic (exact) mass is 243 g/mol. The SMILES string of the molecule is C[C@@H](NC(=O)N(C)CCN1CCCC1)C(=O)O. The molecule has 1 aliphatic heterocycles. The van der Waals surface area contributed by atoms with Crippen LogP contribution in [0.5, 0.6) is 0 Å². The summed E-state index contributed by atoms with van der Waals surface area (Å²) in [5.74, 6) is -1.02. The van der Waals surface area contributed by atoms with Crippen molar-refractivity contribution in [1.29, 1.82) is 0 Å². The highest BCUT2D eigenvalue weighted by Crippen LogP contribution is 2.06. The first-order chi connectivity index (χ1) is 8.00. The highest BCUT2D eigenvalue weighted by molar-refractivity contribution is 5.82. The lowest BCUT2D eigenvalue weighted by Crippen LogP contribution is -2.46. The Labute approximate surface area is 102 Å². The molecule has 0 bridgehead atoms. The van der Waals surface area contributed by atoms with Gasteiger partial charge in [-0.3, -0.25) is 4.79 Å². The van der Waals surface area contributed by atoms with Crippen LogP contribution in [0.25, 0.3) is 0 Å². The van der Waals surface area contributed by atoms with Crippen molar-refractivity contribution in [3.05, 3.63) is 0 Å². The van der Waals surface area contributed by atoms with Crippen LogP contribution in [0.2, 0.25) is 0 Å². The van der Waals surface area contributed by atoms with Gasteiger partial charge in [-0.2, -0.15) is 0 Å². The van der Waals surface area contributed by atoms with Crippen LogP contribution >= 0.6 is 0 Å². The summed E-state index contributed by atoms with van der Waals surface area (Å²) in [5.41, 5.74) is 0. The molecular weight excluding hydrogens is 222 g/mol. The molecule has 6 heteroatoms. The number of rotatable bonds is 5. The van der Waals surface area contributed by atoms with E-state index in [-0.39, 0.29) is 6.03 Å². The molecule has 6 nitrogen and oxygen atoms in total. The van der Waals surface area contributed by atoms with Crippen LogP contribution in [0.15, 0.2) is 0 Å². The molecule has 0 saturated carbocycles. The van der Waals surface area contributed by atoms with Gasteiger partial charge >= 0.3 is 12.0 Å². The molecule has 1 fully saturated rings. The molecule has 0 aliphatic carbocycles. The van der Waals surface area contributed by atoms with Gasteiger partial charge in [0.2, 0.25) is 0 Å². The molecule has 1 atom stereocenters. The minimum absolute atomic E-state index is 0.334. The molecule has 17 heavy (non-hydrogen) atoms. The Morgan fingerprint density at radius 2 is 2.00 bits per heavy atom. The number of aliphatic carboxylic acids is 1. The molecule has 1 rings (SSSR count). The predicted molar refractivity (Wildman–Crippen MR) is 63.9 cm³/mol. The fourth-order valence-electron chi connectivity index (χ4n) is 1.76. The van der Waals surface area contributed by atoms with Crippen LogP contribution < -0.4 is 5.32 Å². The summed E-state index contributed by atoms with van der Waals surface area (Å²) in [5, 5.41) is 11.1. The lowest BCUT2D eigenvalue weighted by molar-refractivity contribution is -0.138. The third-order valence-corrected chi connectivity index (χ3v) is 3.01. The van der Waals surface area contributed by atoms with Gasteiger partial charge in [0.1, 0.15) is 6.04 Å². The van der Waals surface area contributed by atoms with E-state index in [1.807, 2.05) is 0 Å². The minimum atomic E-state index is -1.02. The molecule has 2 amide bonds. The molecular formula is C11H21N3O3. The Kier molecular flexibility index (Phi) is 5.21. The van der Waals surface area contributed by atoms with Crippen LogP contribution in [0.4, 0.5) is 4.79 Å². The van der Waals surface area contributed by atoms with E-state index in [2.05, 4.69) is 10.2 Å². The van der Waals surface area contributed by atoms with Gasteiger partial charge in [-0.25, -0.2) is 4.79 Å². The number of carbonyl (C=O) groups is 2. The number of hydrogen-bond donors (Lipinski definition) is 2. The van der Waals surface area contributed by atoms with E-state index in [0.29, 0.717) is 6.54 Å². The summed E-state index contributed by atoms with van der Waals surface area (Å²) in [6.07, 6.45) is 2.46. The maximum Gasteiger partial charge on any atom is 0.325 e. The third-order valence-electron chi connectivity index (χ3n) is 3.01. The van der Waals surface area contributed by atoms with E-state index in [1.165, 1.54) is 24.7 Å². The number of likely N-dealkylation sites (tertiary alicyclic amines) is 1. The Morgan fingerprint density at radius 1 is 1.41 bits per heavy atom. The molecule has 0 spiro atoms. The Morgan fingerprint density at radius 3 is 2.53 bits per heavy atom. The van der Waals surface area contributed by atoms with E-state index >= 15 is 0 Å². The van der Waals surface area contributed by atoms with Crippen molar-refractivity contribution < 1.29 is 14.7 Å². The zero-order valence-electron chi connectivity index (χ0n) is 10.5. The topological polar surface area (TPSA) is 72.9 Å². The van der Waals surface area contributed by atoms with Gasteiger partial charge < -0.3 is 20.2 Å². The Hall–Kier alpha value is -1.30. The lowest BCUT2D eigenvalue weighted by atomic mass is 10.3. The van der Waals surface area contributed by atoms with Gasteiger partial charge in [-0.1, -0.05) is 0 Å². The number of carboxylic acid groups (broad SMARTS) is 1. The number of carbonyl (C=O) groups excluding carboxylic acids is 1. The smallest absolute Gasteiger partial charge is 0.325 e. The lowest BCUT2D eigenvalue weighted by Gasteiger charge is -2.22. The van der Waals surface area contributed by atoms with Gasteiger partial charge in [0, 0.05) is 20.1 Å². The van der Waals surface area contributed by atoms with Gasteiger partial charge in [0.25, 0.3) is 0 Å². The zero-order chi connectivity index (χ0) is 12.8. The quantitative estimate of drug-likeness (QED) is 0.723. The van der Waals surface area contributed by atoms with Crippen molar-refractivity contribution in [2.45, 2.75) is 25.8 Å². The Bertz CT molecular complexity index is 277. The highest BCUT2D eigenvalue weighted by Gasteiger charge is 2.18. The van der Waals surface area contributed by atoms with Crippen molar-refractivity contribution in [3.8, 4) is 0 Å². The number of carboxylic acids is 1. The van der Waals surface area contributed by atoms with Crippen LogP contribution in [0.3, 0.4) is 0 Å². The number of likely N-dealkylation sites (N-methyl/N-ethyl adjacent to an activating group) is 1. The van der Waals surface area contributed by atoms with E-state index in [1.54, 1.807) is 7.05 Å². The third kappa shape index (κ3) is 4.60. The highest BCUT2D eigenvalue weighted by atomic mass is 16.4. The summed E-state index contributed by atoms with van der Waals surface area (Å²) < 4.78 is 0. The fraction of sp³-hybridized carbons (Fsp3) is 0.818. The Balaban J connectivity index is 2.23. The van der Waals surface area contributed by atoms with Crippen molar-refractivity contribution in [2.24, 2.45) is 0 Å². The maximum atomic E-state index is 11.6. The fourth-order valence-corrected chi connectivity index (χ4v) is 1.76. The first-order valence-corrected chi connectivity index (χ1v) is 5.97. The van der Waals surface area contributed by atoms with Crippen molar-refractivity contribution in [3.63, 3.8) is 0 Å². The summed E-state index contributed by atoms with van der Waals surface area (Å²) in [7, 11) is 1.68. The molecule has 0 unspecified atom stereocenters. The molecule has 1 heterocycles. The number of nitrogens with one attached hydrogen (secondary N) is 1. The molecule has 0 radical (unpaired) electrons. The number of nitrogens with zero attached hydrogens (tertiary/aromatic N) is 2. The standard InChI is InChI=1S/C11H21N3O3/c1-9(10(15)16)12-11(17)13(2)7-8-14-5-3-4-6-14/h9H,3-8H2,1-2H3,(H,12,17)(H,15,16)/t9-/m1/s1. The van der Waals surface area contributed by atoms with E-state index < -0.39 is 12.0 Å². The summed E-state index contributed by atoms with van der Waals surface area (Å²) >= 11 is 0. The molecule has 98 valence electrons. The molecule has 0 aromatic carbocycles. The predicted octanol–water partition coefficient (Wildman–Crippen LogP) is 0.197. The second-order valence-corrected chi connectivity index (χ2v) is 4.48. The van der Waals surface area contributed by atoms with Crippen molar-refractivity contribution >= 4 is 12.0 Å². The van der Waals surface area contributed by atoms with Crippen molar-refractivity contribution in [1.82, 2.24) is 15.1 Å². The number of hydrogen-bond acceptors (Lipinski definition) is 3. The summed E-state index contributed by atoms with van der Waals surface area (Å²) in [6.45, 7) is 5.13. The van der Waals surface area contributed by atoms with Gasteiger partial charge in [-0.15, -0.1) is 0 Å². The zero-order valence-corrected chi connectivity index (χ0v) is 10.5. The maximum absolute atomic E-state index is 11.6. The van der Waals surface area contributed by atoms with Crippen LogP contribution in [0, 0.1) is 0 Å². The van der Waals surface area contributed by atoms with E-state index in [4.69, 9.17) is 5.11 Å². The number of urea groups is 1. The van der Waals surface area contributed by atoms with Gasteiger partial charge in [0.05, 0.1) is 0 Å². The molecule has 1 saturated heterocycles. The van der Waals surface area contributed by atoms with Crippen LogP contribution in [-0.4, -0.2) is 66.2 Å². The van der Waals surface area contributed by atoms with E-state index in [0.717, 1.165) is 19.6 Å². The second-order valence-electron chi connectivity index (χ2n) is 4.48. The summed E-state index contributed by atoms with van der Waals surface area (Å²) in [6, 6.07) is -1.18. The first-order valence-electron chi connectivity index (χ1n) is 5.97. The van der Waals surface area contributed by atoms with Gasteiger partial charge in [0.15, 0.2) is 0 Å². The largest absolute Gasteiger partial charge is 0.480 e. The molecule has 0 aromatic heterocycles. The van der Waals surface area contributed by atoms with Gasteiger partial charge in [-0.05, 0) is 32.9 Å².